The first kappa shape index (κ1) is 64.5. The zero-order valence-corrected chi connectivity index (χ0v) is 48.0. The summed E-state index contributed by atoms with van der Waals surface area (Å²) in [5.41, 5.74) is 0.681. The van der Waals surface area contributed by atoms with E-state index in [1.165, 1.54) is 128 Å². The molecule has 14 atom stereocenters. The van der Waals surface area contributed by atoms with Gasteiger partial charge < -0.3 is 60.1 Å². The minimum absolute atomic E-state index is 0.0224. The van der Waals surface area contributed by atoms with Crippen molar-refractivity contribution in [1.82, 2.24) is 16.0 Å². The van der Waals surface area contributed by atoms with Gasteiger partial charge in [0.2, 0.25) is 11.8 Å². The summed E-state index contributed by atoms with van der Waals surface area (Å²) in [4.78, 5) is 38.2. The lowest BCUT2D eigenvalue weighted by Gasteiger charge is -2.61. The van der Waals surface area contributed by atoms with Gasteiger partial charge >= 0.3 is 6.09 Å². The predicted octanol–water partition coefficient (Wildman–Crippen LogP) is 9.84. The average molecular weight is 1080 g/mol. The molecular formula is C61H109N3O12. The number of alkyl carbamates (subject to hydrolysis) is 1. The third-order valence-corrected chi connectivity index (χ3v) is 19.1. The zero-order valence-electron chi connectivity index (χ0n) is 48.0. The van der Waals surface area contributed by atoms with Gasteiger partial charge in [0.15, 0.2) is 6.29 Å². The topological polar surface area (TPSA) is 214 Å². The first-order valence-electron chi connectivity index (χ1n) is 31.0. The van der Waals surface area contributed by atoms with Gasteiger partial charge in [-0.1, -0.05) is 104 Å². The number of hydrogen-bond acceptors (Lipinski definition) is 12. The minimum atomic E-state index is -1.49. The van der Waals surface area contributed by atoms with Gasteiger partial charge in [-0.15, -0.1) is 0 Å². The maximum Gasteiger partial charge on any atom is 0.407 e. The number of allylic oxidation sites excluding steroid dienone is 2. The molecule has 7 N–H and O–H groups in total. The number of nitrogens with one attached hydrogen (secondary N) is 3. The predicted molar refractivity (Wildman–Crippen MR) is 297 cm³/mol. The molecule has 4 aliphatic carbocycles. The van der Waals surface area contributed by atoms with Crippen LogP contribution < -0.4 is 16.0 Å². The van der Waals surface area contributed by atoms with E-state index in [1.54, 1.807) is 0 Å². The number of carbonyl (C=O) groups is 3. The zero-order chi connectivity index (χ0) is 54.6. The Morgan fingerprint density at radius 2 is 1.24 bits per heavy atom. The van der Waals surface area contributed by atoms with Gasteiger partial charge in [-0.25, -0.2) is 4.79 Å². The molecule has 3 amide bonds. The summed E-state index contributed by atoms with van der Waals surface area (Å²) in [6, 6.07) is 0. The smallest absolute Gasteiger partial charge is 0.407 e. The fourth-order valence-electron chi connectivity index (χ4n) is 14.6. The number of fused-ring (bicyclic) bond motifs is 5. The Kier molecular flexibility index (Phi) is 30.0. The summed E-state index contributed by atoms with van der Waals surface area (Å²) in [6.07, 6.45) is 31.3. The number of hydrogen-bond donors (Lipinski definition) is 7. The van der Waals surface area contributed by atoms with E-state index in [-0.39, 0.29) is 37.2 Å². The Morgan fingerprint density at radius 1 is 0.632 bits per heavy atom. The lowest BCUT2D eigenvalue weighted by Crippen LogP contribution is -2.59. The maximum atomic E-state index is 13.0. The molecule has 0 bridgehead atoms. The third kappa shape index (κ3) is 20.6. The Bertz CT molecular complexity index is 1650. The third-order valence-electron chi connectivity index (χ3n) is 19.1. The maximum absolute atomic E-state index is 13.0. The van der Waals surface area contributed by atoms with E-state index < -0.39 is 37.3 Å². The van der Waals surface area contributed by atoms with Gasteiger partial charge in [0.25, 0.3) is 0 Å². The van der Waals surface area contributed by atoms with Crippen LogP contribution >= 0.6 is 0 Å². The van der Waals surface area contributed by atoms with E-state index in [2.05, 4.69) is 55.8 Å². The van der Waals surface area contributed by atoms with Crippen LogP contribution in [0.1, 0.15) is 214 Å². The molecule has 76 heavy (non-hydrogen) atoms. The molecule has 15 nitrogen and oxygen atoms in total. The second-order valence-corrected chi connectivity index (χ2v) is 24.4. The highest BCUT2D eigenvalue weighted by atomic mass is 16.7. The Balaban J connectivity index is 0.836. The molecule has 440 valence electrons. The van der Waals surface area contributed by atoms with Crippen molar-refractivity contribution >= 4 is 17.9 Å². The SMILES string of the molecule is CCCCCCCCC=CCCCCCCCCNC(=O)O[C@@H]1CC[C@@]2(C)C(CCC3C4CCC(C(C)CCC(=O)NCCCCCC(=O)NCCOCCOCCO[C@H]5OC(CO)[C@@H](O)[C@H](O)C5O)[C@@]4(C)CCC32)C1. The molecule has 0 aromatic carbocycles. The number of aliphatic hydroxyl groups is 4. The van der Waals surface area contributed by atoms with Crippen molar-refractivity contribution in [3.63, 3.8) is 0 Å². The Labute approximate surface area is 459 Å². The fraction of sp³-hybridized carbons (Fsp3) is 0.918. The molecule has 5 rings (SSSR count). The van der Waals surface area contributed by atoms with Crippen molar-refractivity contribution in [2.45, 2.75) is 251 Å². The lowest BCUT2D eigenvalue weighted by atomic mass is 9.44. The molecule has 1 saturated heterocycles. The monoisotopic (exact) mass is 1080 g/mol. The summed E-state index contributed by atoms with van der Waals surface area (Å²) in [7, 11) is 0. The minimum Gasteiger partial charge on any atom is -0.446 e. The number of carbonyl (C=O) groups excluding carboxylic acids is 3. The number of ether oxygens (including phenoxy) is 5. The van der Waals surface area contributed by atoms with Gasteiger partial charge in [-0.3, -0.25) is 9.59 Å². The van der Waals surface area contributed by atoms with Gasteiger partial charge in [-0.05, 0) is 155 Å². The second-order valence-electron chi connectivity index (χ2n) is 24.4. The molecule has 15 heteroatoms. The van der Waals surface area contributed by atoms with Crippen LogP contribution in [-0.2, 0) is 33.3 Å². The molecule has 0 aromatic heterocycles. The molecule has 0 aromatic rings. The van der Waals surface area contributed by atoms with Crippen molar-refractivity contribution in [2.75, 3.05) is 59.3 Å². The molecule has 5 fully saturated rings. The summed E-state index contributed by atoms with van der Waals surface area (Å²) in [5.74, 6) is 4.24. The van der Waals surface area contributed by atoms with E-state index in [4.69, 9.17) is 23.7 Å². The number of unbranched alkanes of at least 4 members (excludes halogenated alkanes) is 14. The highest BCUT2D eigenvalue weighted by Crippen LogP contribution is 2.68. The first-order chi connectivity index (χ1) is 36.8. The van der Waals surface area contributed by atoms with E-state index in [1.807, 2.05) is 0 Å². The van der Waals surface area contributed by atoms with Crippen LogP contribution in [0.5, 0.6) is 0 Å². The average Bonchev–Trinajstić information content (AvgIpc) is 3.77. The molecule has 0 spiro atoms. The number of amides is 3. The van der Waals surface area contributed by atoms with Crippen molar-refractivity contribution in [3.05, 3.63) is 12.2 Å². The number of aliphatic hydroxyl groups excluding tert-OH is 4. The van der Waals surface area contributed by atoms with E-state index >= 15 is 0 Å². The quantitative estimate of drug-likeness (QED) is 0.0227. The molecule has 4 saturated carbocycles. The number of rotatable bonds is 38. The van der Waals surface area contributed by atoms with Gasteiger partial charge in [0.1, 0.15) is 30.5 Å². The first-order valence-corrected chi connectivity index (χ1v) is 31.0. The fourth-order valence-corrected chi connectivity index (χ4v) is 14.6. The summed E-state index contributed by atoms with van der Waals surface area (Å²) >= 11 is 0. The van der Waals surface area contributed by atoms with Crippen molar-refractivity contribution in [1.29, 1.82) is 0 Å². The van der Waals surface area contributed by atoms with Crippen LogP contribution in [0.3, 0.4) is 0 Å². The van der Waals surface area contributed by atoms with Crippen LogP contribution in [0, 0.1) is 46.3 Å². The van der Waals surface area contributed by atoms with Crippen LogP contribution in [0.4, 0.5) is 4.79 Å². The molecule has 5 aliphatic rings. The van der Waals surface area contributed by atoms with Crippen molar-refractivity contribution in [2.24, 2.45) is 46.3 Å². The van der Waals surface area contributed by atoms with Gasteiger partial charge in [0.05, 0.1) is 39.6 Å². The molecular weight excluding hydrogens is 967 g/mol. The molecule has 0 radical (unpaired) electrons. The normalized spacial score (nSPS) is 31.6. The molecule has 1 heterocycles. The molecule has 8 unspecified atom stereocenters. The highest BCUT2D eigenvalue weighted by molar-refractivity contribution is 5.76. The largest absolute Gasteiger partial charge is 0.446 e. The van der Waals surface area contributed by atoms with Gasteiger partial charge in [0, 0.05) is 32.5 Å². The Hall–Kier alpha value is -2.37. The highest BCUT2D eigenvalue weighted by Gasteiger charge is 2.61. The second kappa shape index (κ2) is 35.4. The van der Waals surface area contributed by atoms with Crippen molar-refractivity contribution in [3.8, 4) is 0 Å². The van der Waals surface area contributed by atoms with Crippen LogP contribution in [0.15, 0.2) is 12.2 Å². The Morgan fingerprint density at radius 3 is 1.96 bits per heavy atom. The standard InChI is InChI=1S/C61H109N3O12/c1-5-6-7-8-9-10-11-12-13-14-15-16-17-18-19-22-36-64-59(71)75-47-31-33-60(3)46(43-47)26-27-48-50-29-28-49(61(50,4)34-32-51(48)60)45(2)25-30-54(67)62-35-23-20-21-24-53(66)63-37-38-72-39-40-73-41-42-74-58-57(70)56(69)55(68)52(44-65)76-58/h12-13,45-52,55-58,65,68-70H,5-11,14-44H2,1-4H3,(H,62,67)(H,63,66)(H,64,71)/t45?,46?,47-,48?,49?,50?,51?,52?,55-,56+,57?,58+,60+,61-/m1/s1. The van der Waals surface area contributed by atoms with E-state index in [0.717, 1.165) is 62.7 Å². The van der Waals surface area contributed by atoms with Gasteiger partial charge in [-0.2, -0.15) is 0 Å². The van der Waals surface area contributed by atoms with Crippen LogP contribution in [0.25, 0.3) is 0 Å². The van der Waals surface area contributed by atoms with Crippen LogP contribution in [-0.4, -0.2) is 134 Å². The van der Waals surface area contributed by atoms with E-state index in [9.17, 15) is 34.8 Å². The van der Waals surface area contributed by atoms with E-state index in [0.29, 0.717) is 80.9 Å². The summed E-state index contributed by atoms with van der Waals surface area (Å²) in [5, 5.41) is 48.1. The van der Waals surface area contributed by atoms with Crippen LogP contribution in [0.2, 0.25) is 0 Å². The van der Waals surface area contributed by atoms with Crippen molar-refractivity contribution < 1.29 is 58.5 Å². The lowest BCUT2D eigenvalue weighted by molar-refractivity contribution is -0.302. The summed E-state index contributed by atoms with van der Waals surface area (Å²) < 4.78 is 27.7. The summed E-state index contributed by atoms with van der Waals surface area (Å²) in [6.45, 7) is 12.3. The molecule has 1 aliphatic heterocycles.